The second-order valence-corrected chi connectivity index (χ2v) is 6.93. The van der Waals surface area contributed by atoms with E-state index in [4.69, 9.17) is 0 Å². The van der Waals surface area contributed by atoms with Gasteiger partial charge in [0.1, 0.15) is 11.5 Å². The number of amides is 2. The van der Waals surface area contributed by atoms with E-state index in [2.05, 4.69) is 4.98 Å². The Labute approximate surface area is 153 Å². The molecule has 27 heavy (non-hydrogen) atoms. The average molecular weight is 391 g/mol. The van der Waals surface area contributed by atoms with Gasteiger partial charge < -0.3 is 14.9 Å². The highest BCUT2D eigenvalue weighted by atomic mass is 19.4. The van der Waals surface area contributed by atoms with Gasteiger partial charge in [-0.15, -0.1) is 0 Å². The summed E-state index contributed by atoms with van der Waals surface area (Å²) in [5.74, 6) is -2.77. The zero-order valence-electron chi connectivity index (χ0n) is 15.1. The first kappa shape index (κ1) is 21.1. The van der Waals surface area contributed by atoms with Crippen LogP contribution in [-0.2, 0) is 4.79 Å². The van der Waals surface area contributed by atoms with Crippen molar-refractivity contribution in [1.29, 1.82) is 0 Å². The van der Waals surface area contributed by atoms with E-state index in [-0.39, 0.29) is 37.2 Å². The Hall–Kier alpha value is -2.23. The molecule has 0 aliphatic carbocycles. The van der Waals surface area contributed by atoms with E-state index < -0.39 is 29.4 Å². The van der Waals surface area contributed by atoms with Gasteiger partial charge in [-0.05, 0) is 31.4 Å². The SMILES string of the molecule is C[C@H]1CN(C(=O)[C@@](C)(O)C(F)(F)F)CC[C@H]1N(C)C(=O)c1ccc(F)cn1. The maximum atomic E-state index is 12.9. The molecule has 0 aromatic carbocycles. The van der Waals surface area contributed by atoms with Crippen LogP contribution >= 0.6 is 0 Å². The summed E-state index contributed by atoms with van der Waals surface area (Å²) in [4.78, 5) is 30.7. The predicted octanol–water partition coefficient (Wildman–Crippen LogP) is 1.84. The molecule has 1 aliphatic rings. The van der Waals surface area contributed by atoms with Crippen LogP contribution in [0.3, 0.4) is 0 Å². The van der Waals surface area contributed by atoms with Crippen molar-refractivity contribution in [3.63, 3.8) is 0 Å². The fourth-order valence-corrected chi connectivity index (χ4v) is 3.16. The Morgan fingerprint density at radius 1 is 1.33 bits per heavy atom. The highest BCUT2D eigenvalue weighted by molar-refractivity contribution is 5.92. The van der Waals surface area contributed by atoms with E-state index >= 15 is 0 Å². The summed E-state index contributed by atoms with van der Waals surface area (Å²) in [5.41, 5.74) is -3.41. The summed E-state index contributed by atoms with van der Waals surface area (Å²) in [6.07, 6.45) is -3.92. The number of likely N-dealkylation sites (tertiary alicyclic amines) is 1. The molecule has 3 atom stereocenters. The van der Waals surface area contributed by atoms with Crippen molar-refractivity contribution in [3.05, 3.63) is 29.8 Å². The van der Waals surface area contributed by atoms with E-state index in [0.29, 0.717) is 6.92 Å². The van der Waals surface area contributed by atoms with Gasteiger partial charge in [0, 0.05) is 26.2 Å². The number of alkyl halides is 3. The fourth-order valence-electron chi connectivity index (χ4n) is 3.16. The fraction of sp³-hybridized carbons (Fsp3) is 0.588. The number of nitrogens with zero attached hydrogens (tertiary/aromatic N) is 3. The van der Waals surface area contributed by atoms with Gasteiger partial charge in [0.15, 0.2) is 0 Å². The van der Waals surface area contributed by atoms with Crippen molar-refractivity contribution in [2.24, 2.45) is 5.92 Å². The number of rotatable bonds is 3. The molecule has 1 N–H and O–H groups in total. The number of halogens is 4. The van der Waals surface area contributed by atoms with Gasteiger partial charge in [0.05, 0.1) is 6.20 Å². The summed E-state index contributed by atoms with van der Waals surface area (Å²) in [6, 6.07) is 2.01. The van der Waals surface area contributed by atoms with Gasteiger partial charge >= 0.3 is 6.18 Å². The smallest absolute Gasteiger partial charge is 0.373 e. The number of hydrogen-bond donors (Lipinski definition) is 1. The van der Waals surface area contributed by atoms with Crippen LogP contribution in [0.4, 0.5) is 17.6 Å². The van der Waals surface area contributed by atoms with E-state index in [0.717, 1.165) is 17.2 Å². The number of aliphatic hydroxyl groups is 1. The largest absolute Gasteiger partial charge is 0.426 e. The molecule has 2 heterocycles. The maximum Gasteiger partial charge on any atom is 0.426 e. The molecule has 1 aromatic rings. The molecule has 0 spiro atoms. The molecule has 6 nitrogen and oxygen atoms in total. The van der Waals surface area contributed by atoms with Crippen LogP contribution in [0, 0.1) is 11.7 Å². The van der Waals surface area contributed by atoms with E-state index in [1.165, 1.54) is 18.0 Å². The molecule has 10 heteroatoms. The first-order chi connectivity index (χ1) is 12.4. The van der Waals surface area contributed by atoms with Gasteiger partial charge in [0.25, 0.3) is 11.8 Å². The molecule has 0 bridgehead atoms. The Kier molecular flexibility index (Phi) is 5.79. The quantitative estimate of drug-likeness (QED) is 0.798. The highest BCUT2D eigenvalue weighted by Crippen LogP contribution is 2.33. The lowest BCUT2D eigenvalue weighted by atomic mass is 9.91. The van der Waals surface area contributed by atoms with Gasteiger partial charge in [-0.2, -0.15) is 13.2 Å². The summed E-state index contributed by atoms with van der Waals surface area (Å²) in [5, 5.41) is 9.57. The lowest BCUT2D eigenvalue weighted by molar-refractivity contribution is -0.251. The molecule has 0 saturated carbocycles. The van der Waals surface area contributed by atoms with Crippen LogP contribution in [-0.4, -0.2) is 69.7 Å². The Bertz CT molecular complexity index is 706. The minimum Gasteiger partial charge on any atom is -0.373 e. The van der Waals surface area contributed by atoms with Crippen LogP contribution in [0.1, 0.15) is 30.8 Å². The molecule has 0 radical (unpaired) electrons. The number of piperidine rings is 1. The monoisotopic (exact) mass is 391 g/mol. The van der Waals surface area contributed by atoms with Crippen molar-refractivity contribution in [2.45, 2.75) is 38.1 Å². The topological polar surface area (TPSA) is 73.7 Å². The lowest BCUT2D eigenvalue weighted by Gasteiger charge is -2.43. The van der Waals surface area contributed by atoms with Gasteiger partial charge in [-0.3, -0.25) is 9.59 Å². The van der Waals surface area contributed by atoms with E-state index in [1.807, 2.05) is 0 Å². The number of pyridine rings is 1. The van der Waals surface area contributed by atoms with Crippen molar-refractivity contribution in [3.8, 4) is 0 Å². The normalized spacial score (nSPS) is 22.9. The van der Waals surface area contributed by atoms with Gasteiger partial charge in [-0.25, -0.2) is 9.37 Å². The first-order valence-electron chi connectivity index (χ1n) is 8.33. The number of hydrogen-bond acceptors (Lipinski definition) is 4. The van der Waals surface area contributed by atoms with Crippen LogP contribution in [0.2, 0.25) is 0 Å². The Balaban J connectivity index is 2.07. The van der Waals surface area contributed by atoms with Crippen molar-refractivity contribution >= 4 is 11.8 Å². The Morgan fingerprint density at radius 2 is 1.96 bits per heavy atom. The minimum atomic E-state index is -5.08. The molecule has 2 rings (SSSR count). The van der Waals surface area contributed by atoms with Gasteiger partial charge in [0.2, 0.25) is 5.60 Å². The predicted molar refractivity (Wildman–Crippen MR) is 87.1 cm³/mol. The van der Waals surface area contributed by atoms with Crippen LogP contribution in [0.5, 0.6) is 0 Å². The van der Waals surface area contributed by atoms with E-state index in [1.54, 1.807) is 6.92 Å². The second-order valence-electron chi connectivity index (χ2n) is 6.93. The summed E-state index contributed by atoms with van der Waals surface area (Å²) in [7, 11) is 1.53. The van der Waals surface area contributed by atoms with Crippen LogP contribution in [0.25, 0.3) is 0 Å². The maximum absolute atomic E-state index is 12.9. The molecule has 1 fully saturated rings. The van der Waals surface area contributed by atoms with E-state index in [9.17, 15) is 32.3 Å². The molecule has 150 valence electrons. The third-order valence-corrected chi connectivity index (χ3v) is 4.88. The number of carbonyl (C=O) groups is 2. The third-order valence-electron chi connectivity index (χ3n) is 4.88. The zero-order chi connectivity index (χ0) is 20.6. The van der Waals surface area contributed by atoms with Crippen LogP contribution < -0.4 is 0 Å². The average Bonchev–Trinajstić information content (AvgIpc) is 2.59. The molecule has 2 amide bonds. The Morgan fingerprint density at radius 3 is 2.44 bits per heavy atom. The van der Waals surface area contributed by atoms with Crippen molar-refractivity contribution < 1.29 is 32.3 Å². The van der Waals surface area contributed by atoms with Crippen molar-refractivity contribution in [2.75, 3.05) is 20.1 Å². The summed E-state index contributed by atoms with van der Waals surface area (Å²) >= 11 is 0. The first-order valence-corrected chi connectivity index (χ1v) is 8.33. The molecular formula is C17H21F4N3O3. The standard InChI is InChI=1S/C17H21F4N3O3/c1-10-9-24(15(26)16(2,27)17(19,20)21)7-6-13(10)23(3)14(25)12-5-4-11(18)8-22-12/h4-5,8,10,13,27H,6-7,9H2,1-3H3/t10-,13+,16+/m0/s1. The summed E-state index contributed by atoms with van der Waals surface area (Å²) < 4.78 is 51.6. The number of aromatic nitrogens is 1. The second kappa shape index (κ2) is 7.41. The molecule has 1 aliphatic heterocycles. The van der Waals surface area contributed by atoms with Crippen LogP contribution in [0.15, 0.2) is 18.3 Å². The highest BCUT2D eigenvalue weighted by Gasteiger charge is 2.57. The molecule has 1 saturated heterocycles. The summed E-state index contributed by atoms with van der Waals surface area (Å²) in [6.45, 7) is 2.06. The lowest BCUT2D eigenvalue weighted by Crippen LogP contribution is -2.60. The van der Waals surface area contributed by atoms with Crippen molar-refractivity contribution in [1.82, 2.24) is 14.8 Å². The minimum absolute atomic E-state index is 0.0332. The molecule has 1 aromatic heterocycles. The number of carbonyl (C=O) groups excluding carboxylic acids is 2. The van der Waals surface area contributed by atoms with Gasteiger partial charge in [-0.1, -0.05) is 6.92 Å². The third kappa shape index (κ3) is 4.20. The molecule has 0 unspecified atom stereocenters. The zero-order valence-corrected chi connectivity index (χ0v) is 15.1. The molecular weight excluding hydrogens is 370 g/mol.